The van der Waals surface area contributed by atoms with Crippen molar-refractivity contribution in [2.45, 2.75) is 13.0 Å². The lowest BCUT2D eigenvalue weighted by molar-refractivity contribution is 0.0730. The summed E-state index contributed by atoms with van der Waals surface area (Å²) >= 11 is 0. The van der Waals surface area contributed by atoms with Crippen molar-refractivity contribution in [3.63, 3.8) is 0 Å². The Kier molecular flexibility index (Phi) is 6.14. The molecular weight excluding hydrogens is 476 g/mol. The van der Waals surface area contributed by atoms with E-state index in [2.05, 4.69) is 5.32 Å². The zero-order valence-corrected chi connectivity index (χ0v) is 20.9. The summed E-state index contributed by atoms with van der Waals surface area (Å²) in [6.07, 6.45) is 0.663. The van der Waals surface area contributed by atoms with Crippen molar-refractivity contribution in [2.24, 2.45) is 0 Å². The fourth-order valence-corrected chi connectivity index (χ4v) is 4.90. The molecule has 0 radical (unpaired) electrons. The second-order valence-electron chi connectivity index (χ2n) is 9.32. The quantitative estimate of drug-likeness (QED) is 0.295. The first-order valence-corrected chi connectivity index (χ1v) is 12.5. The van der Waals surface area contributed by atoms with Crippen LogP contribution in [-0.2, 0) is 13.0 Å². The number of anilines is 1. The lowest BCUT2D eigenvalue weighted by atomic mass is 10.0. The fraction of sp³-hybridized carbons (Fsp3) is 0.125. The predicted molar refractivity (Wildman–Crippen MR) is 147 cm³/mol. The Hall–Kier alpha value is -4.84. The molecule has 0 spiro atoms. The Morgan fingerprint density at radius 3 is 2.45 bits per heavy atom. The Balaban J connectivity index is 1.15. The molecule has 0 atom stereocenters. The van der Waals surface area contributed by atoms with Gasteiger partial charge in [0.15, 0.2) is 0 Å². The van der Waals surface area contributed by atoms with Gasteiger partial charge in [-0.3, -0.25) is 9.59 Å². The number of amides is 2. The van der Waals surface area contributed by atoms with Crippen molar-refractivity contribution < 1.29 is 18.7 Å². The molecule has 1 aliphatic heterocycles. The van der Waals surface area contributed by atoms with Gasteiger partial charge in [-0.1, -0.05) is 36.4 Å². The number of fused-ring (bicyclic) bond motifs is 2. The Morgan fingerprint density at radius 2 is 1.66 bits per heavy atom. The molecule has 1 aromatic heterocycles. The molecule has 0 fully saturated rings. The number of carbonyl (C=O) groups is 2. The number of rotatable bonds is 5. The molecule has 0 aliphatic carbocycles. The number of carbonyl (C=O) groups excluding carboxylic acids is 2. The average molecular weight is 503 g/mol. The smallest absolute Gasteiger partial charge is 0.256 e. The zero-order valence-electron chi connectivity index (χ0n) is 20.9. The van der Waals surface area contributed by atoms with Crippen molar-refractivity contribution in [3.05, 3.63) is 120 Å². The second kappa shape index (κ2) is 9.90. The van der Waals surface area contributed by atoms with Crippen LogP contribution in [0.5, 0.6) is 5.75 Å². The summed E-state index contributed by atoms with van der Waals surface area (Å²) in [5.41, 5.74) is 3.91. The summed E-state index contributed by atoms with van der Waals surface area (Å²) in [7, 11) is 1.61. The summed E-state index contributed by atoms with van der Waals surface area (Å²) in [6, 6.07) is 30.4. The molecule has 0 saturated heterocycles. The summed E-state index contributed by atoms with van der Waals surface area (Å²) in [5, 5.41) is 4.95. The lowest BCUT2D eigenvalue weighted by Gasteiger charge is -2.26. The highest BCUT2D eigenvalue weighted by Gasteiger charge is 2.25. The molecule has 1 N–H and O–H groups in total. The zero-order chi connectivity index (χ0) is 26.1. The van der Waals surface area contributed by atoms with Crippen LogP contribution >= 0.6 is 0 Å². The standard InChI is InChI=1S/C32H26N2O4/c1-37-26-15-11-23(12-16-26)32(36)34-18-17-29-24(20-34)19-30(38-29)22-9-13-25(14-10-22)33-31(35)28-8-4-6-21-5-2-3-7-27(21)28/h2-16,19H,17-18,20H2,1H3,(H,33,35). The van der Waals surface area contributed by atoms with Crippen molar-refractivity contribution in [1.29, 1.82) is 0 Å². The van der Waals surface area contributed by atoms with Gasteiger partial charge in [0.25, 0.3) is 11.8 Å². The molecule has 5 aromatic rings. The van der Waals surface area contributed by atoms with E-state index in [4.69, 9.17) is 9.15 Å². The van der Waals surface area contributed by atoms with E-state index in [-0.39, 0.29) is 11.8 Å². The van der Waals surface area contributed by atoms with E-state index in [0.717, 1.165) is 39.2 Å². The lowest BCUT2D eigenvalue weighted by Crippen LogP contribution is -2.35. The van der Waals surface area contributed by atoms with Gasteiger partial charge < -0.3 is 19.4 Å². The minimum absolute atomic E-state index is 0.00709. The molecule has 6 heteroatoms. The van der Waals surface area contributed by atoms with E-state index >= 15 is 0 Å². The topological polar surface area (TPSA) is 71.8 Å². The predicted octanol–water partition coefficient (Wildman–Crippen LogP) is 6.56. The maximum atomic E-state index is 13.0. The van der Waals surface area contributed by atoms with Gasteiger partial charge in [0, 0.05) is 47.5 Å². The highest BCUT2D eigenvalue weighted by Crippen LogP contribution is 2.31. The molecule has 0 saturated carbocycles. The third-order valence-corrected chi connectivity index (χ3v) is 6.95. The van der Waals surface area contributed by atoms with E-state index < -0.39 is 0 Å². The van der Waals surface area contributed by atoms with Gasteiger partial charge in [-0.2, -0.15) is 0 Å². The first-order valence-electron chi connectivity index (χ1n) is 12.5. The highest BCUT2D eigenvalue weighted by molar-refractivity contribution is 6.13. The van der Waals surface area contributed by atoms with Crippen LogP contribution in [-0.4, -0.2) is 30.4 Å². The number of hydrogen-bond donors (Lipinski definition) is 1. The van der Waals surface area contributed by atoms with E-state index in [1.54, 1.807) is 31.4 Å². The second-order valence-corrected chi connectivity index (χ2v) is 9.32. The van der Waals surface area contributed by atoms with E-state index in [0.29, 0.717) is 36.3 Å². The normalized spacial score (nSPS) is 12.7. The van der Waals surface area contributed by atoms with Gasteiger partial charge in [0.2, 0.25) is 0 Å². The van der Waals surface area contributed by atoms with Gasteiger partial charge in [-0.15, -0.1) is 0 Å². The maximum absolute atomic E-state index is 13.0. The summed E-state index contributed by atoms with van der Waals surface area (Å²) in [4.78, 5) is 27.8. The van der Waals surface area contributed by atoms with Crippen LogP contribution < -0.4 is 10.1 Å². The van der Waals surface area contributed by atoms with Crippen LogP contribution in [0.4, 0.5) is 5.69 Å². The van der Waals surface area contributed by atoms with Crippen LogP contribution in [0.25, 0.3) is 22.1 Å². The number of ether oxygens (including phenoxy) is 1. The van der Waals surface area contributed by atoms with Crippen LogP contribution in [0.2, 0.25) is 0 Å². The summed E-state index contributed by atoms with van der Waals surface area (Å²) in [6.45, 7) is 1.10. The number of methoxy groups -OCH3 is 1. The molecule has 0 unspecified atom stereocenters. The van der Waals surface area contributed by atoms with Gasteiger partial charge in [0.1, 0.15) is 17.3 Å². The highest BCUT2D eigenvalue weighted by atomic mass is 16.5. The van der Waals surface area contributed by atoms with Gasteiger partial charge >= 0.3 is 0 Å². The maximum Gasteiger partial charge on any atom is 0.256 e. The first kappa shape index (κ1) is 23.6. The van der Waals surface area contributed by atoms with E-state index in [1.807, 2.05) is 77.7 Å². The van der Waals surface area contributed by atoms with E-state index in [9.17, 15) is 9.59 Å². The molecule has 188 valence electrons. The first-order chi connectivity index (χ1) is 18.6. The van der Waals surface area contributed by atoms with Crippen molar-refractivity contribution >= 4 is 28.3 Å². The molecule has 4 aromatic carbocycles. The number of hydrogen-bond acceptors (Lipinski definition) is 4. The molecule has 38 heavy (non-hydrogen) atoms. The SMILES string of the molecule is COc1ccc(C(=O)N2CCc3oc(-c4ccc(NC(=O)c5cccc6ccccc56)cc4)cc3C2)cc1. The number of benzene rings is 4. The van der Waals surface area contributed by atoms with Crippen molar-refractivity contribution in [1.82, 2.24) is 4.90 Å². The largest absolute Gasteiger partial charge is 0.497 e. The van der Waals surface area contributed by atoms with Crippen LogP contribution in [0, 0.1) is 0 Å². The third-order valence-electron chi connectivity index (χ3n) is 6.95. The van der Waals surface area contributed by atoms with Crippen LogP contribution in [0.1, 0.15) is 32.0 Å². The molecule has 6 rings (SSSR count). The van der Waals surface area contributed by atoms with E-state index in [1.165, 1.54) is 0 Å². The van der Waals surface area contributed by atoms with Crippen LogP contribution in [0.3, 0.4) is 0 Å². The van der Waals surface area contributed by atoms with Crippen molar-refractivity contribution in [3.8, 4) is 17.1 Å². The number of nitrogens with one attached hydrogen (secondary N) is 1. The van der Waals surface area contributed by atoms with Crippen LogP contribution in [0.15, 0.2) is 101 Å². The summed E-state index contributed by atoms with van der Waals surface area (Å²) < 4.78 is 11.3. The molecule has 6 nitrogen and oxygen atoms in total. The fourth-order valence-electron chi connectivity index (χ4n) is 4.90. The number of nitrogens with zero attached hydrogens (tertiary/aromatic N) is 1. The Morgan fingerprint density at radius 1 is 0.895 bits per heavy atom. The average Bonchev–Trinajstić information content (AvgIpc) is 3.40. The minimum atomic E-state index is -0.148. The molecule has 2 heterocycles. The Bertz CT molecular complexity index is 1630. The Labute approximate surface area is 220 Å². The molecular formula is C32H26N2O4. The third kappa shape index (κ3) is 4.52. The summed E-state index contributed by atoms with van der Waals surface area (Å²) in [5.74, 6) is 2.23. The van der Waals surface area contributed by atoms with Gasteiger partial charge in [-0.25, -0.2) is 0 Å². The molecule has 2 amide bonds. The number of furan rings is 1. The molecule has 1 aliphatic rings. The van der Waals surface area contributed by atoms with Crippen molar-refractivity contribution in [2.75, 3.05) is 19.0 Å². The minimum Gasteiger partial charge on any atom is -0.497 e. The van der Waals surface area contributed by atoms with Gasteiger partial charge in [0.05, 0.1) is 7.11 Å². The molecule has 0 bridgehead atoms. The monoisotopic (exact) mass is 502 g/mol. The van der Waals surface area contributed by atoms with Gasteiger partial charge in [-0.05, 0) is 71.4 Å².